The van der Waals surface area contributed by atoms with E-state index in [2.05, 4.69) is 0 Å². The first-order chi connectivity index (χ1) is 7.07. The number of nitrogens with zero attached hydrogens (tertiary/aromatic N) is 1. The highest BCUT2D eigenvalue weighted by atomic mass is 16.6. The van der Waals surface area contributed by atoms with E-state index >= 15 is 0 Å². The van der Waals surface area contributed by atoms with E-state index in [0.717, 1.165) is 5.56 Å². The van der Waals surface area contributed by atoms with Crippen molar-refractivity contribution in [2.45, 2.75) is 27.7 Å². The average Bonchev–Trinajstić information content (AvgIpc) is 2.21. The largest absolute Gasteiger partial charge is 0.298 e. The number of aryl methyl sites for hydroxylation is 1. The van der Waals surface area contributed by atoms with Gasteiger partial charge in [-0.25, -0.2) is 0 Å². The molecule has 0 aromatic heterocycles. The minimum Gasteiger partial charge on any atom is -0.298 e. The molecule has 1 rings (SSSR count). The number of carbonyl (C=O) groups excluding carboxylic acids is 1. The van der Waals surface area contributed by atoms with E-state index in [9.17, 15) is 14.9 Å². The monoisotopic (exact) mass is 209 g/mol. The summed E-state index contributed by atoms with van der Waals surface area (Å²) in [7, 11) is 0. The van der Waals surface area contributed by atoms with E-state index in [0.29, 0.717) is 17.4 Å². The van der Waals surface area contributed by atoms with Gasteiger partial charge in [0.1, 0.15) is 0 Å². The summed E-state index contributed by atoms with van der Waals surface area (Å²) in [6, 6.07) is 2.99. The van der Waals surface area contributed by atoms with Crippen molar-refractivity contribution in [3.05, 3.63) is 38.9 Å². The van der Waals surface area contributed by atoms with Crippen LogP contribution in [-0.4, -0.2) is 11.2 Å². The number of hydrogen-bond donors (Lipinski definition) is 0. The molecular weight excluding hydrogens is 194 g/mol. The fourth-order valence-electron chi connectivity index (χ4n) is 1.23. The van der Waals surface area contributed by atoms with E-state index < -0.39 is 4.92 Å². The van der Waals surface area contributed by atoms with E-state index in [1.807, 2.05) is 13.8 Å². The minimum absolute atomic E-state index is 0.00676. The number of benzene rings is 1. The van der Waals surface area contributed by atoms with Crippen LogP contribution in [0.5, 0.6) is 0 Å². The van der Waals surface area contributed by atoms with Gasteiger partial charge in [-0.1, -0.05) is 19.9 Å². The second-order valence-electron chi connectivity index (χ2n) is 2.82. The summed E-state index contributed by atoms with van der Waals surface area (Å²) in [4.78, 5) is 20.6. The van der Waals surface area contributed by atoms with Crippen molar-refractivity contribution in [1.82, 2.24) is 0 Å². The van der Waals surface area contributed by atoms with Gasteiger partial charge in [0.25, 0.3) is 5.69 Å². The van der Waals surface area contributed by atoms with Gasteiger partial charge in [-0.2, -0.15) is 0 Å². The van der Waals surface area contributed by atoms with Crippen molar-refractivity contribution in [3.8, 4) is 0 Å². The van der Waals surface area contributed by atoms with Crippen LogP contribution in [0.1, 0.15) is 35.3 Å². The van der Waals surface area contributed by atoms with Gasteiger partial charge >= 0.3 is 0 Å². The Hall–Kier alpha value is -1.71. The van der Waals surface area contributed by atoms with Gasteiger partial charge in [0.15, 0.2) is 6.29 Å². The Bertz CT molecular complexity index is 372. The van der Waals surface area contributed by atoms with Crippen molar-refractivity contribution < 1.29 is 9.72 Å². The molecule has 0 heterocycles. The van der Waals surface area contributed by atoms with Crippen LogP contribution in [0.2, 0.25) is 0 Å². The van der Waals surface area contributed by atoms with Crippen LogP contribution in [0.25, 0.3) is 0 Å². The first-order valence-corrected chi connectivity index (χ1v) is 4.77. The third-order valence-corrected chi connectivity index (χ3v) is 2.02. The van der Waals surface area contributed by atoms with Gasteiger partial charge in [0.2, 0.25) is 0 Å². The highest BCUT2D eigenvalue weighted by Crippen LogP contribution is 2.22. The maximum Gasteiger partial charge on any atom is 0.273 e. The lowest BCUT2D eigenvalue weighted by Crippen LogP contribution is -1.97. The molecule has 0 radical (unpaired) electrons. The molecule has 0 unspecified atom stereocenters. The van der Waals surface area contributed by atoms with Gasteiger partial charge in [-0.05, 0) is 19.4 Å². The highest BCUT2D eigenvalue weighted by molar-refractivity contribution is 5.81. The molecule has 0 aliphatic carbocycles. The van der Waals surface area contributed by atoms with Gasteiger partial charge in [-0.3, -0.25) is 14.9 Å². The van der Waals surface area contributed by atoms with E-state index in [1.54, 1.807) is 19.9 Å². The molecule has 4 nitrogen and oxygen atoms in total. The summed E-state index contributed by atoms with van der Waals surface area (Å²) in [5, 5.41) is 10.5. The molecule has 0 bridgehead atoms. The lowest BCUT2D eigenvalue weighted by Gasteiger charge is -2.02. The van der Waals surface area contributed by atoms with E-state index in [1.165, 1.54) is 6.07 Å². The Kier molecular flexibility index (Phi) is 5.23. The van der Waals surface area contributed by atoms with Crippen LogP contribution >= 0.6 is 0 Å². The Balaban J connectivity index is 0.000000921. The van der Waals surface area contributed by atoms with Gasteiger partial charge in [0.05, 0.1) is 4.92 Å². The molecule has 82 valence electrons. The van der Waals surface area contributed by atoms with E-state index in [4.69, 9.17) is 0 Å². The number of rotatable bonds is 2. The fraction of sp³-hybridized carbons (Fsp3) is 0.364. The molecule has 0 spiro atoms. The molecule has 0 amide bonds. The van der Waals surface area contributed by atoms with Crippen molar-refractivity contribution in [3.63, 3.8) is 0 Å². The highest BCUT2D eigenvalue weighted by Gasteiger charge is 2.14. The van der Waals surface area contributed by atoms with Crippen LogP contribution in [0, 0.1) is 24.0 Å². The van der Waals surface area contributed by atoms with Gasteiger partial charge < -0.3 is 0 Å². The molecule has 0 saturated carbocycles. The molecule has 0 N–H and O–H groups in total. The van der Waals surface area contributed by atoms with E-state index in [-0.39, 0.29) is 5.69 Å². The Morgan fingerprint density at radius 2 is 1.80 bits per heavy atom. The second-order valence-corrected chi connectivity index (χ2v) is 2.82. The Morgan fingerprint density at radius 3 is 2.20 bits per heavy atom. The summed E-state index contributed by atoms with van der Waals surface area (Å²) in [6.45, 7) is 7.33. The number of nitro benzene ring substituents is 1. The van der Waals surface area contributed by atoms with Crippen molar-refractivity contribution in [1.29, 1.82) is 0 Å². The maximum absolute atomic E-state index is 10.6. The SMILES string of the molecule is CC.Cc1ccc([N+](=O)[O-])c(C)c1C=O. The number of aldehydes is 1. The van der Waals surface area contributed by atoms with Crippen molar-refractivity contribution in [2.24, 2.45) is 0 Å². The average molecular weight is 209 g/mol. The topological polar surface area (TPSA) is 60.2 Å². The van der Waals surface area contributed by atoms with Crippen LogP contribution in [0.3, 0.4) is 0 Å². The standard InChI is InChI=1S/C9H9NO3.C2H6/c1-6-3-4-9(10(12)13)7(2)8(6)5-11;1-2/h3-5H,1-2H3;1-2H3. The van der Waals surface area contributed by atoms with Crippen LogP contribution in [0.15, 0.2) is 12.1 Å². The first kappa shape index (κ1) is 13.3. The van der Waals surface area contributed by atoms with Crippen LogP contribution < -0.4 is 0 Å². The minimum atomic E-state index is -0.484. The molecular formula is C11H15NO3. The maximum atomic E-state index is 10.6. The molecule has 0 aliphatic rings. The smallest absolute Gasteiger partial charge is 0.273 e. The number of carbonyl (C=O) groups is 1. The molecule has 0 atom stereocenters. The Labute approximate surface area is 89.1 Å². The summed E-state index contributed by atoms with van der Waals surface area (Å²) in [5.74, 6) is 0. The zero-order valence-electron chi connectivity index (χ0n) is 9.40. The van der Waals surface area contributed by atoms with Crippen LogP contribution in [0.4, 0.5) is 5.69 Å². The lowest BCUT2D eigenvalue weighted by molar-refractivity contribution is -0.385. The molecule has 0 saturated heterocycles. The third kappa shape index (κ3) is 2.87. The third-order valence-electron chi connectivity index (χ3n) is 2.02. The Morgan fingerprint density at radius 1 is 1.27 bits per heavy atom. The predicted octanol–water partition coefficient (Wildman–Crippen LogP) is 3.05. The second kappa shape index (κ2) is 5.90. The molecule has 1 aromatic rings. The number of hydrogen-bond acceptors (Lipinski definition) is 3. The molecule has 4 heteroatoms. The van der Waals surface area contributed by atoms with Crippen molar-refractivity contribution in [2.75, 3.05) is 0 Å². The summed E-state index contributed by atoms with van der Waals surface area (Å²) in [5.41, 5.74) is 1.60. The van der Waals surface area contributed by atoms with Gasteiger partial charge in [0, 0.05) is 17.2 Å². The summed E-state index contributed by atoms with van der Waals surface area (Å²) >= 11 is 0. The number of nitro groups is 1. The quantitative estimate of drug-likeness (QED) is 0.427. The predicted molar refractivity (Wildman–Crippen MR) is 59.3 cm³/mol. The molecule has 1 aromatic carbocycles. The molecule has 0 fully saturated rings. The van der Waals surface area contributed by atoms with Crippen LogP contribution in [-0.2, 0) is 0 Å². The zero-order chi connectivity index (χ0) is 12.0. The molecule has 15 heavy (non-hydrogen) atoms. The zero-order valence-corrected chi connectivity index (χ0v) is 9.40. The van der Waals surface area contributed by atoms with Crippen molar-refractivity contribution >= 4 is 12.0 Å². The summed E-state index contributed by atoms with van der Waals surface area (Å²) < 4.78 is 0. The first-order valence-electron chi connectivity index (χ1n) is 4.77. The lowest BCUT2D eigenvalue weighted by atomic mass is 10.0. The normalized spacial score (nSPS) is 8.80. The summed E-state index contributed by atoms with van der Waals surface area (Å²) in [6.07, 6.45) is 0.650. The fourth-order valence-corrected chi connectivity index (χ4v) is 1.23. The van der Waals surface area contributed by atoms with Gasteiger partial charge in [-0.15, -0.1) is 0 Å². The molecule has 0 aliphatic heterocycles.